The molecule has 1 aromatic heterocycles. The van der Waals surface area contributed by atoms with E-state index in [0.29, 0.717) is 16.9 Å². The van der Waals surface area contributed by atoms with Gasteiger partial charge in [-0.25, -0.2) is 17.5 Å². The van der Waals surface area contributed by atoms with Gasteiger partial charge in [0.1, 0.15) is 22.8 Å². The third-order valence-electron chi connectivity index (χ3n) is 4.35. The number of nitrogens with zero attached hydrogens (tertiary/aromatic N) is 1. The maximum absolute atomic E-state index is 13.2. The fraction of sp³-hybridized carbons (Fsp3) is 0.273. The van der Waals surface area contributed by atoms with Crippen molar-refractivity contribution in [1.29, 1.82) is 0 Å². The van der Waals surface area contributed by atoms with Crippen molar-refractivity contribution < 1.29 is 22.1 Å². The molecule has 0 aliphatic heterocycles. The average molecular weight is 446 g/mol. The van der Waals surface area contributed by atoms with Crippen LogP contribution in [0.2, 0.25) is 0 Å². The Bertz CT molecular complexity index is 1200. The summed E-state index contributed by atoms with van der Waals surface area (Å²) < 4.78 is 46.6. The van der Waals surface area contributed by atoms with E-state index in [4.69, 9.17) is 4.52 Å². The molecule has 0 saturated carbocycles. The Morgan fingerprint density at radius 3 is 2.39 bits per heavy atom. The number of hydrogen-bond donors (Lipinski definition) is 2. The fourth-order valence-corrected chi connectivity index (χ4v) is 4.74. The molecule has 2 N–H and O–H groups in total. The number of halogens is 1. The predicted molar refractivity (Wildman–Crippen MR) is 114 cm³/mol. The highest BCUT2D eigenvalue weighted by Gasteiger charge is 2.25. The predicted octanol–water partition coefficient (Wildman–Crippen LogP) is 3.80. The Kier molecular flexibility index (Phi) is 6.28. The van der Waals surface area contributed by atoms with E-state index in [9.17, 15) is 17.6 Å². The van der Waals surface area contributed by atoms with Gasteiger partial charge in [-0.2, -0.15) is 0 Å². The first-order valence-electron chi connectivity index (χ1n) is 9.60. The van der Waals surface area contributed by atoms with E-state index in [0.717, 1.165) is 0 Å². The number of aromatic nitrogens is 1. The van der Waals surface area contributed by atoms with Crippen LogP contribution in [-0.2, 0) is 16.6 Å². The zero-order valence-electron chi connectivity index (χ0n) is 17.7. The van der Waals surface area contributed by atoms with Crippen LogP contribution in [0.1, 0.15) is 42.5 Å². The maximum Gasteiger partial charge on any atom is 0.257 e. The van der Waals surface area contributed by atoms with Crippen molar-refractivity contribution in [2.45, 2.75) is 44.7 Å². The first-order valence-corrected chi connectivity index (χ1v) is 11.1. The summed E-state index contributed by atoms with van der Waals surface area (Å²) in [7, 11) is -3.78. The van der Waals surface area contributed by atoms with Gasteiger partial charge in [0, 0.05) is 17.6 Å². The number of benzene rings is 2. The molecule has 9 heteroatoms. The third-order valence-corrected chi connectivity index (χ3v) is 6.21. The molecule has 0 unspecified atom stereocenters. The van der Waals surface area contributed by atoms with E-state index >= 15 is 0 Å². The molecule has 0 aliphatic rings. The summed E-state index contributed by atoms with van der Waals surface area (Å²) in [5.74, 6) is -0.585. The molecule has 3 aromatic rings. The Balaban J connectivity index is 1.85. The Hall–Kier alpha value is -3.04. The molecule has 0 bridgehead atoms. The molecule has 31 heavy (non-hydrogen) atoms. The van der Waals surface area contributed by atoms with Gasteiger partial charge in [-0.15, -0.1) is 0 Å². The first kappa shape index (κ1) is 22.6. The van der Waals surface area contributed by atoms with Gasteiger partial charge in [0.15, 0.2) is 0 Å². The lowest BCUT2D eigenvalue weighted by molar-refractivity contribution is 0.0949. The van der Waals surface area contributed by atoms with Crippen LogP contribution in [0, 0.1) is 12.7 Å². The van der Waals surface area contributed by atoms with E-state index in [1.54, 1.807) is 45.9 Å². The fourth-order valence-electron chi connectivity index (χ4n) is 3.08. The molecule has 1 heterocycles. The van der Waals surface area contributed by atoms with Gasteiger partial charge in [-0.05, 0) is 63.6 Å². The Morgan fingerprint density at radius 1 is 1.10 bits per heavy atom. The summed E-state index contributed by atoms with van der Waals surface area (Å²) in [6, 6.07) is 12.0. The van der Waals surface area contributed by atoms with E-state index in [-0.39, 0.29) is 22.7 Å². The van der Waals surface area contributed by atoms with E-state index in [1.165, 1.54) is 30.3 Å². The zero-order chi connectivity index (χ0) is 22.8. The lowest BCUT2D eigenvalue weighted by Crippen LogP contribution is -2.41. The number of nitrogens with one attached hydrogen (secondary N) is 2. The number of sulfonamides is 1. The molecule has 1 amide bonds. The molecule has 0 spiro atoms. The molecule has 0 saturated heterocycles. The van der Waals surface area contributed by atoms with Crippen LogP contribution in [0.25, 0.3) is 11.3 Å². The van der Waals surface area contributed by atoms with Crippen LogP contribution in [0.15, 0.2) is 57.9 Å². The quantitative estimate of drug-likeness (QED) is 0.601. The minimum atomic E-state index is -3.78. The minimum Gasteiger partial charge on any atom is -0.360 e. The monoisotopic (exact) mass is 445 g/mol. The van der Waals surface area contributed by atoms with Crippen LogP contribution in [0.5, 0.6) is 0 Å². The summed E-state index contributed by atoms with van der Waals surface area (Å²) in [5.41, 5.74) is 0.801. The smallest absolute Gasteiger partial charge is 0.257 e. The molecule has 0 fully saturated rings. The summed E-state index contributed by atoms with van der Waals surface area (Å²) >= 11 is 0. The second-order valence-corrected chi connectivity index (χ2v) is 9.77. The first-order chi connectivity index (χ1) is 14.5. The standard InChI is InChI=1S/C22H24FN3O4S/c1-14-19(20(25-30-14)15-9-11-17(23)12-10-15)21(27)24-13-16-7-5-6-8-18(16)31(28,29)26-22(2,3)4/h5-12,26H,13H2,1-4H3,(H,24,27). The van der Waals surface area contributed by atoms with Gasteiger partial charge < -0.3 is 9.84 Å². The SMILES string of the molecule is Cc1onc(-c2ccc(F)cc2)c1C(=O)NCc1ccccc1S(=O)(=O)NC(C)(C)C. The molecular weight excluding hydrogens is 421 g/mol. The van der Waals surface area contributed by atoms with Gasteiger partial charge in [0.2, 0.25) is 10.0 Å². The number of carbonyl (C=O) groups excluding carboxylic acids is 1. The molecule has 2 aromatic carbocycles. The van der Waals surface area contributed by atoms with Gasteiger partial charge in [0.05, 0.1) is 4.90 Å². The zero-order valence-corrected chi connectivity index (χ0v) is 18.5. The van der Waals surface area contributed by atoms with E-state index < -0.39 is 27.3 Å². The molecule has 164 valence electrons. The summed E-state index contributed by atoms with van der Waals surface area (Å²) in [5, 5.41) is 6.66. The van der Waals surface area contributed by atoms with Gasteiger partial charge >= 0.3 is 0 Å². The summed E-state index contributed by atoms with van der Waals surface area (Å²) in [6.07, 6.45) is 0. The molecule has 7 nitrogen and oxygen atoms in total. The van der Waals surface area contributed by atoms with Crippen molar-refractivity contribution >= 4 is 15.9 Å². The van der Waals surface area contributed by atoms with Crippen LogP contribution < -0.4 is 10.0 Å². The maximum atomic E-state index is 13.2. The van der Waals surface area contributed by atoms with Crippen LogP contribution in [0.4, 0.5) is 4.39 Å². The number of carbonyl (C=O) groups is 1. The van der Waals surface area contributed by atoms with Crippen LogP contribution >= 0.6 is 0 Å². The minimum absolute atomic E-state index is 0.0203. The van der Waals surface area contributed by atoms with Crippen molar-refractivity contribution in [3.63, 3.8) is 0 Å². The van der Waals surface area contributed by atoms with E-state index in [1.807, 2.05) is 0 Å². The lowest BCUT2D eigenvalue weighted by Gasteiger charge is -2.21. The topological polar surface area (TPSA) is 101 Å². The normalized spacial score (nSPS) is 12.0. The number of aryl methyl sites for hydroxylation is 1. The molecule has 0 aliphatic carbocycles. The highest BCUT2D eigenvalue weighted by molar-refractivity contribution is 7.89. The largest absolute Gasteiger partial charge is 0.360 e. The number of amides is 1. The van der Waals surface area contributed by atoms with Crippen molar-refractivity contribution in [3.05, 3.63) is 71.2 Å². The van der Waals surface area contributed by atoms with Gasteiger partial charge in [-0.3, -0.25) is 4.79 Å². The van der Waals surface area contributed by atoms with Crippen molar-refractivity contribution in [2.24, 2.45) is 0 Å². The number of hydrogen-bond acceptors (Lipinski definition) is 5. The second kappa shape index (κ2) is 8.60. The third kappa shape index (κ3) is 5.36. The molecule has 3 rings (SSSR count). The molecule has 0 radical (unpaired) electrons. The average Bonchev–Trinajstić information content (AvgIpc) is 3.06. The van der Waals surface area contributed by atoms with Crippen molar-refractivity contribution in [3.8, 4) is 11.3 Å². The van der Waals surface area contributed by atoms with Crippen LogP contribution in [-0.4, -0.2) is 25.0 Å². The lowest BCUT2D eigenvalue weighted by atomic mass is 10.1. The van der Waals surface area contributed by atoms with Gasteiger partial charge in [0.25, 0.3) is 5.91 Å². The molecular formula is C22H24FN3O4S. The van der Waals surface area contributed by atoms with Gasteiger partial charge in [-0.1, -0.05) is 23.4 Å². The van der Waals surface area contributed by atoms with Crippen molar-refractivity contribution in [1.82, 2.24) is 15.2 Å². The Morgan fingerprint density at radius 2 is 1.74 bits per heavy atom. The highest BCUT2D eigenvalue weighted by Crippen LogP contribution is 2.26. The summed E-state index contributed by atoms with van der Waals surface area (Å²) in [6.45, 7) is 6.83. The Labute approximate surface area is 180 Å². The van der Waals surface area contributed by atoms with Crippen LogP contribution in [0.3, 0.4) is 0 Å². The molecule has 0 atom stereocenters. The summed E-state index contributed by atoms with van der Waals surface area (Å²) in [4.78, 5) is 13.0. The highest BCUT2D eigenvalue weighted by atomic mass is 32.2. The van der Waals surface area contributed by atoms with E-state index in [2.05, 4.69) is 15.2 Å². The van der Waals surface area contributed by atoms with Crippen molar-refractivity contribution in [2.75, 3.05) is 0 Å². The number of rotatable bonds is 6. The second-order valence-electron chi connectivity index (χ2n) is 8.12.